The molecule has 1 unspecified atom stereocenters. The Balaban J connectivity index is 3.66. The van der Waals surface area contributed by atoms with Gasteiger partial charge in [-0.3, -0.25) is 9.59 Å². The van der Waals surface area contributed by atoms with Gasteiger partial charge in [0.25, 0.3) is 0 Å². The zero-order valence-electron chi connectivity index (χ0n) is 6.79. The fourth-order valence-electron chi connectivity index (χ4n) is 0.655. The predicted octanol–water partition coefficient (Wildman–Crippen LogP) is -0.492. The van der Waals surface area contributed by atoms with Gasteiger partial charge < -0.3 is 10.5 Å². The molecule has 0 saturated carbocycles. The van der Waals surface area contributed by atoms with Gasteiger partial charge in [-0.1, -0.05) is 0 Å². The highest BCUT2D eigenvalue weighted by atomic mass is 16.5. The van der Waals surface area contributed by atoms with Crippen LogP contribution in [0, 0.1) is 0 Å². The molecule has 1 atom stereocenters. The number of ether oxygens (including phenoxy) is 1. The highest BCUT2D eigenvalue weighted by Gasteiger charge is 2.12. The Kier molecular flexibility index (Phi) is 4.65. The molecule has 0 aromatic carbocycles. The van der Waals surface area contributed by atoms with Gasteiger partial charge in [0.05, 0.1) is 6.61 Å². The number of hydrogen-bond acceptors (Lipinski definition) is 4. The van der Waals surface area contributed by atoms with Crippen LogP contribution in [0.25, 0.3) is 0 Å². The third-order valence-corrected chi connectivity index (χ3v) is 1.22. The minimum Gasteiger partial charge on any atom is -0.383 e. The molecule has 2 N–H and O–H groups in total. The maximum Gasteiger partial charge on any atom is 0.199 e. The number of rotatable bonds is 5. The van der Waals surface area contributed by atoms with Crippen molar-refractivity contribution in [1.82, 2.24) is 0 Å². The van der Waals surface area contributed by atoms with E-state index in [1.807, 2.05) is 0 Å². The van der Waals surface area contributed by atoms with E-state index in [9.17, 15) is 9.59 Å². The number of ketones is 2. The molecule has 0 amide bonds. The number of hydrogen-bond donors (Lipinski definition) is 1. The van der Waals surface area contributed by atoms with Crippen molar-refractivity contribution in [3.05, 3.63) is 0 Å². The van der Waals surface area contributed by atoms with E-state index in [4.69, 9.17) is 10.5 Å². The van der Waals surface area contributed by atoms with E-state index in [1.165, 1.54) is 14.0 Å². The lowest BCUT2D eigenvalue weighted by Gasteiger charge is -2.06. The first-order valence-electron chi connectivity index (χ1n) is 3.36. The second kappa shape index (κ2) is 4.98. The van der Waals surface area contributed by atoms with E-state index in [-0.39, 0.29) is 12.5 Å². The Bertz CT molecular complexity index is 156. The van der Waals surface area contributed by atoms with E-state index in [0.29, 0.717) is 6.61 Å². The Labute approximate surface area is 65.7 Å². The molecule has 0 heterocycles. The van der Waals surface area contributed by atoms with Crippen molar-refractivity contribution in [3.8, 4) is 0 Å². The molecule has 0 spiro atoms. The van der Waals surface area contributed by atoms with Crippen LogP contribution in [0.2, 0.25) is 0 Å². The second-order valence-electron chi connectivity index (χ2n) is 2.40. The summed E-state index contributed by atoms with van der Waals surface area (Å²) in [6, 6.07) is -0.364. The summed E-state index contributed by atoms with van der Waals surface area (Å²) in [7, 11) is 1.50. The van der Waals surface area contributed by atoms with Crippen molar-refractivity contribution in [1.29, 1.82) is 0 Å². The number of carbonyl (C=O) groups is 2. The molecule has 4 heteroatoms. The highest BCUT2D eigenvalue weighted by Crippen LogP contribution is 1.91. The molecule has 0 aliphatic carbocycles. The van der Waals surface area contributed by atoms with E-state index < -0.39 is 11.6 Å². The van der Waals surface area contributed by atoms with Crippen LogP contribution in [0.1, 0.15) is 13.3 Å². The molecule has 64 valence electrons. The van der Waals surface area contributed by atoms with Crippen LogP contribution in [-0.4, -0.2) is 31.3 Å². The highest BCUT2D eigenvalue weighted by molar-refractivity contribution is 6.36. The molecule has 0 fully saturated rings. The maximum atomic E-state index is 10.7. The third-order valence-electron chi connectivity index (χ3n) is 1.22. The average Bonchev–Trinajstić information content (AvgIpc) is 1.87. The van der Waals surface area contributed by atoms with Gasteiger partial charge in [-0.05, 0) is 0 Å². The molecule has 4 nitrogen and oxygen atoms in total. The summed E-state index contributed by atoms with van der Waals surface area (Å²) in [4.78, 5) is 21.2. The monoisotopic (exact) mass is 159 g/mol. The fraction of sp³-hybridized carbons (Fsp3) is 0.714. The van der Waals surface area contributed by atoms with E-state index in [0.717, 1.165) is 0 Å². The van der Waals surface area contributed by atoms with Crippen LogP contribution >= 0.6 is 0 Å². The van der Waals surface area contributed by atoms with Crippen molar-refractivity contribution in [2.45, 2.75) is 19.4 Å². The van der Waals surface area contributed by atoms with Crippen molar-refractivity contribution >= 4 is 11.6 Å². The van der Waals surface area contributed by atoms with Gasteiger partial charge in [-0.2, -0.15) is 0 Å². The van der Waals surface area contributed by atoms with Crippen LogP contribution in [0.15, 0.2) is 0 Å². The van der Waals surface area contributed by atoms with Gasteiger partial charge in [-0.15, -0.1) is 0 Å². The summed E-state index contributed by atoms with van der Waals surface area (Å²) >= 11 is 0. The van der Waals surface area contributed by atoms with Crippen LogP contribution in [0.3, 0.4) is 0 Å². The van der Waals surface area contributed by atoms with Crippen molar-refractivity contribution in [2.75, 3.05) is 13.7 Å². The lowest BCUT2D eigenvalue weighted by atomic mass is 10.1. The molecule has 0 aromatic rings. The van der Waals surface area contributed by atoms with E-state index in [1.54, 1.807) is 0 Å². The minimum atomic E-state index is -0.448. The summed E-state index contributed by atoms with van der Waals surface area (Å²) in [5.41, 5.74) is 5.42. The molecule has 0 bridgehead atoms. The quantitative estimate of drug-likeness (QED) is 0.549. The van der Waals surface area contributed by atoms with Crippen molar-refractivity contribution in [2.24, 2.45) is 5.73 Å². The number of nitrogens with two attached hydrogens (primary N) is 1. The fourth-order valence-corrected chi connectivity index (χ4v) is 0.655. The topological polar surface area (TPSA) is 69.4 Å². The van der Waals surface area contributed by atoms with Crippen molar-refractivity contribution in [3.63, 3.8) is 0 Å². The zero-order valence-corrected chi connectivity index (χ0v) is 6.79. The molecule has 0 rings (SSSR count). The molecule has 0 saturated heterocycles. The largest absolute Gasteiger partial charge is 0.383 e. The first kappa shape index (κ1) is 10.3. The van der Waals surface area contributed by atoms with Crippen LogP contribution in [-0.2, 0) is 14.3 Å². The lowest BCUT2D eigenvalue weighted by Crippen LogP contribution is -2.30. The second-order valence-corrected chi connectivity index (χ2v) is 2.40. The zero-order chi connectivity index (χ0) is 8.85. The number of carbonyl (C=O) groups excluding carboxylic acids is 2. The lowest BCUT2D eigenvalue weighted by molar-refractivity contribution is -0.135. The summed E-state index contributed by atoms with van der Waals surface area (Å²) in [6.07, 6.45) is 0.0726. The number of Topliss-reactive ketones (excluding diaryl/α,β-unsaturated/α-hetero) is 2. The van der Waals surface area contributed by atoms with Crippen LogP contribution < -0.4 is 5.73 Å². The van der Waals surface area contributed by atoms with Gasteiger partial charge in [0.1, 0.15) is 0 Å². The number of methoxy groups -OCH3 is 1. The molecule has 0 aliphatic rings. The van der Waals surface area contributed by atoms with Gasteiger partial charge in [0.2, 0.25) is 0 Å². The summed E-state index contributed by atoms with van der Waals surface area (Å²) < 4.78 is 4.70. The molecular weight excluding hydrogens is 146 g/mol. The van der Waals surface area contributed by atoms with Gasteiger partial charge >= 0.3 is 0 Å². The van der Waals surface area contributed by atoms with Crippen LogP contribution in [0.5, 0.6) is 0 Å². The average molecular weight is 159 g/mol. The third kappa shape index (κ3) is 4.64. The predicted molar refractivity (Wildman–Crippen MR) is 40.2 cm³/mol. The van der Waals surface area contributed by atoms with Gasteiger partial charge in [-0.25, -0.2) is 0 Å². The molecule has 11 heavy (non-hydrogen) atoms. The standard InChI is InChI=1S/C7H13NO3/c1-5(9)7(10)3-6(8)4-11-2/h6H,3-4,8H2,1-2H3. The molecule has 0 aromatic heterocycles. The molecule has 0 aliphatic heterocycles. The Morgan fingerprint density at radius 1 is 1.55 bits per heavy atom. The summed E-state index contributed by atoms with van der Waals surface area (Å²) in [6.45, 7) is 1.54. The summed E-state index contributed by atoms with van der Waals surface area (Å²) in [5, 5.41) is 0. The smallest absolute Gasteiger partial charge is 0.199 e. The van der Waals surface area contributed by atoms with E-state index >= 15 is 0 Å². The Hall–Kier alpha value is -0.740. The van der Waals surface area contributed by atoms with Gasteiger partial charge in [0.15, 0.2) is 11.6 Å². The van der Waals surface area contributed by atoms with Crippen LogP contribution in [0.4, 0.5) is 0 Å². The molecular formula is C7H13NO3. The minimum absolute atomic E-state index is 0.0726. The normalized spacial score (nSPS) is 12.6. The molecule has 0 radical (unpaired) electrons. The Morgan fingerprint density at radius 2 is 2.09 bits per heavy atom. The first-order valence-corrected chi connectivity index (χ1v) is 3.36. The summed E-state index contributed by atoms with van der Waals surface area (Å²) in [5.74, 6) is -0.883. The van der Waals surface area contributed by atoms with Crippen molar-refractivity contribution < 1.29 is 14.3 Å². The SMILES string of the molecule is COCC(N)CC(=O)C(C)=O. The van der Waals surface area contributed by atoms with E-state index in [2.05, 4.69) is 0 Å². The van der Waals surface area contributed by atoms with Gasteiger partial charge in [0, 0.05) is 26.5 Å². The first-order chi connectivity index (χ1) is 5.07. The Morgan fingerprint density at radius 3 is 2.45 bits per heavy atom. The maximum absolute atomic E-state index is 10.7.